The monoisotopic (exact) mass is 374 g/mol. The number of piperidine rings is 1. The van der Waals surface area contributed by atoms with Gasteiger partial charge in [0.25, 0.3) is 0 Å². The smallest absolute Gasteiger partial charge is 0.137 e. The molecular formula is C20H21FNO3S-. The molecule has 3 rings (SSSR count). The van der Waals surface area contributed by atoms with Crippen molar-refractivity contribution < 1.29 is 19.0 Å². The molecule has 0 saturated carbocycles. The number of hydrogen-bond donors (Lipinski definition) is 0. The van der Waals surface area contributed by atoms with Crippen molar-refractivity contribution in [1.29, 1.82) is 0 Å². The first-order valence-corrected chi connectivity index (χ1v) is 9.75. The summed E-state index contributed by atoms with van der Waals surface area (Å²) in [5.74, 6) is -0.260. The number of thioether (sulfide) groups is 1. The van der Waals surface area contributed by atoms with Crippen LogP contribution < -0.4 is 5.11 Å². The average molecular weight is 374 g/mol. The van der Waals surface area contributed by atoms with E-state index in [-0.39, 0.29) is 24.4 Å². The number of rotatable bonds is 5. The van der Waals surface area contributed by atoms with Crippen LogP contribution in [0.1, 0.15) is 23.5 Å². The lowest BCUT2D eigenvalue weighted by Gasteiger charge is -2.40. The molecule has 2 aromatic carbocycles. The molecule has 6 heteroatoms. The van der Waals surface area contributed by atoms with Crippen molar-refractivity contribution in [2.75, 3.05) is 19.3 Å². The van der Waals surface area contributed by atoms with Gasteiger partial charge in [-0.15, -0.1) is 11.8 Å². The molecule has 0 bridgehead atoms. The molecule has 1 aliphatic rings. The summed E-state index contributed by atoms with van der Waals surface area (Å²) < 4.78 is 19.3. The second-order valence-electron chi connectivity index (χ2n) is 6.36. The second kappa shape index (κ2) is 8.56. The minimum atomic E-state index is -1.18. The number of ether oxygens (including phenoxy) is 1. The number of carbonyl (C=O) groups is 1. The zero-order valence-electron chi connectivity index (χ0n) is 14.6. The molecule has 0 aliphatic carbocycles. The van der Waals surface area contributed by atoms with Crippen LogP contribution in [0.3, 0.4) is 0 Å². The minimum Gasteiger partial charge on any atom is -0.530 e. The van der Waals surface area contributed by atoms with Gasteiger partial charge >= 0.3 is 0 Å². The minimum absolute atomic E-state index is 0.0247. The van der Waals surface area contributed by atoms with Gasteiger partial charge < -0.3 is 19.5 Å². The lowest BCUT2D eigenvalue weighted by molar-refractivity contribution is -0.268. The molecule has 26 heavy (non-hydrogen) atoms. The van der Waals surface area contributed by atoms with Gasteiger partial charge in [-0.25, -0.2) is 4.39 Å². The Bertz CT molecular complexity index is 736. The van der Waals surface area contributed by atoms with Gasteiger partial charge in [-0.2, -0.15) is 0 Å². The van der Waals surface area contributed by atoms with Crippen molar-refractivity contribution in [3.8, 4) is 0 Å². The number of benzene rings is 2. The molecule has 1 heterocycles. The highest BCUT2D eigenvalue weighted by atomic mass is 32.2. The van der Waals surface area contributed by atoms with E-state index >= 15 is 0 Å². The SMILES string of the molecule is CSc1ccc(COC2CN(C(=O)[O-])CCC2c2ccc(F)cc2)cc1. The van der Waals surface area contributed by atoms with Crippen LogP contribution in [0.15, 0.2) is 53.4 Å². The molecule has 138 valence electrons. The molecule has 0 N–H and O–H groups in total. The summed E-state index contributed by atoms with van der Waals surface area (Å²) in [4.78, 5) is 13.7. The molecule has 2 unspecified atom stereocenters. The fourth-order valence-corrected chi connectivity index (χ4v) is 3.68. The Morgan fingerprint density at radius 1 is 1.23 bits per heavy atom. The third-order valence-electron chi connectivity index (χ3n) is 4.74. The van der Waals surface area contributed by atoms with Gasteiger partial charge in [0.1, 0.15) is 11.9 Å². The first kappa shape index (κ1) is 18.7. The van der Waals surface area contributed by atoms with E-state index in [0.717, 1.165) is 11.1 Å². The lowest BCUT2D eigenvalue weighted by Crippen LogP contribution is -2.51. The van der Waals surface area contributed by atoms with Gasteiger partial charge in [0.05, 0.1) is 12.7 Å². The number of carboxylic acid groups (broad SMARTS) is 1. The zero-order chi connectivity index (χ0) is 18.5. The Morgan fingerprint density at radius 3 is 2.54 bits per heavy atom. The third-order valence-corrected chi connectivity index (χ3v) is 5.48. The van der Waals surface area contributed by atoms with Crippen LogP contribution in [-0.2, 0) is 11.3 Å². The standard InChI is InChI=1S/C20H22FNO3S/c1-26-17-8-2-14(3-9-17)13-25-19-12-22(20(23)24)11-10-18(19)15-4-6-16(21)7-5-15/h2-9,18-19H,10-13H2,1H3,(H,23,24)/p-1. The van der Waals surface area contributed by atoms with E-state index in [9.17, 15) is 14.3 Å². The van der Waals surface area contributed by atoms with E-state index in [1.807, 2.05) is 30.5 Å². The predicted octanol–water partition coefficient (Wildman–Crippen LogP) is 3.27. The first-order chi connectivity index (χ1) is 12.6. The van der Waals surface area contributed by atoms with Crippen molar-refractivity contribution in [3.63, 3.8) is 0 Å². The number of likely N-dealkylation sites (tertiary alicyclic amines) is 1. The van der Waals surface area contributed by atoms with Crippen LogP contribution >= 0.6 is 11.8 Å². The maximum Gasteiger partial charge on any atom is 0.137 e. The van der Waals surface area contributed by atoms with Crippen LogP contribution in [0, 0.1) is 5.82 Å². The summed E-state index contributed by atoms with van der Waals surface area (Å²) in [7, 11) is 0. The number of amides is 1. The largest absolute Gasteiger partial charge is 0.530 e. The van der Waals surface area contributed by atoms with Gasteiger partial charge in [0, 0.05) is 23.9 Å². The number of carbonyl (C=O) groups excluding carboxylic acids is 1. The van der Waals surface area contributed by atoms with Crippen LogP contribution in [0.25, 0.3) is 0 Å². The van der Waals surface area contributed by atoms with E-state index in [4.69, 9.17) is 4.74 Å². The quantitative estimate of drug-likeness (QED) is 0.754. The first-order valence-electron chi connectivity index (χ1n) is 8.52. The Morgan fingerprint density at radius 2 is 1.92 bits per heavy atom. The number of hydrogen-bond acceptors (Lipinski definition) is 4. The summed E-state index contributed by atoms with van der Waals surface area (Å²) in [6, 6.07) is 14.5. The fourth-order valence-electron chi connectivity index (χ4n) is 3.27. The molecule has 1 saturated heterocycles. The van der Waals surface area contributed by atoms with Crippen LogP contribution in [0.4, 0.5) is 9.18 Å². The van der Waals surface area contributed by atoms with Crippen LogP contribution in [-0.4, -0.2) is 36.4 Å². The highest BCUT2D eigenvalue weighted by Crippen LogP contribution is 2.31. The maximum absolute atomic E-state index is 13.2. The Hall–Kier alpha value is -2.05. The van der Waals surface area contributed by atoms with E-state index < -0.39 is 6.09 Å². The van der Waals surface area contributed by atoms with Gasteiger partial charge in [0.15, 0.2) is 0 Å². The van der Waals surface area contributed by atoms with Crippen LogP contribution in [0.2, 0.25) is 0 Å². The summed E-state index contributed by atoms with van der Waals surface area (Å²) in [6.45, 7) is 1.05. The van der Waals surface area contributed by atoms with E-state index in [1.165, 1.54) is 21.9 Å². The van der Waals surface area contributed by atoms with E-state index in [0.29, 0.717) is 19.6 Å². The van der Waals surface area contributed by atoms with Crippen molar-refractivity contribution in [1.82, 2.24) is 4.90 Å². The normalized spacial score (nSPS) is 20.2. The van der Waals surface area contributed by atoms with E-state index in [2.05, 4.69) is 0 Å². The van der Waals surface area contributed by atoms with Gasteiger partial charge in [0.2, 0.25) is 0 Å². The van der Waals surface area contributed by atoms with Gasteiger partial charge in [-0.1, -0.05) is 24.3 Å². The van der Waals surface area contributed by atoms with Gasteiger partial charge in [-0.05, 0) is 48.1 Å². The fraction of sp³-hybridized carbons (Fsp3) is 0.350. The molecule has 1 amide bonds. The van der Waals surface area contributed by atoms with Crippen molar-refractivity contribution >= 4 is 17.9 Å². The van der Waals surface area contributed by atoms with Crippen molar-refractivity contribution in [2.45, 2.75) is 29.9 Å². The highest BCUT2D eigenvalue weighted by Gasteiger charge is 2.31. The second-order valence-corrected chi connectivity index (χ2v) is 7.24. The number of halogens is 1. The van der Waals surface area contributed by atoms with Crippen molar-refractivity contribution in [3.05, 3.63) is 65.5 Å². The third kappa shape index (κ3) is 4.56. The highest BCUT2D eigenvalue weighted by molar-refractivity contribution is 7.98. The molecule has 1 aliphatic heterocycles. The molecule has 2 aromatic rings. The number of nitrogens with zero attached hydrogens (tertiary/aromatic N) is 1. The molecular weight excluding hydrogens is 353 g/mol. The predicted molar refractivity (Wildman–Crippen MR) is 97.5 cm³/mol. The Balaban J connectivity index is 1.72. The summed E-state index contributed by atoms with van der Waals surface area (Å²) in [5, 5.41) is 11.2. The zero-order valence-corrected chi connectivity index (χ0v) is 15.4. The Labute approximate surface area is 157 Å². The molecule has 0 aromatic heterocycles. The maximum atomic E-state index is 13.2. The van der Waals surface area contributed by atoms with Crippen molar-refractivity contribution in [2.24, 2.45) is 0 Å². The average Bonchev–Trinajstić information content (AvgIpc) is 2.67. The van der Waals surface area contributed by atoms with Crippen LogP contribution in [0.5, 0.6) is 0 Å². The molecule has 0 spiro atoms. The Kier molecular flexibility index (Phi) is 6.16. The molecule has 1 fully saturated rings. The molecule has 4 nitrogen and oxygen atoms in total. The summed E-state index contributed by atoms with van der Waals surface area (Å²) in [5.41, 5.74) is 2.00. The van der Waals surface area contributed by atoms with Gasteiger partial charge in [-0.3, -0.25) is 0 Å². The lowest BCUT2D eigenvalue weighted by atomic mass is 9.87. The summed E-state index contributed by atoms with van der Waals surface area (Å²) >= 11 is 1.68. The summed E-state index contributed by atoms with van der Waals surface area (Å²) in [6.07, 6.45) is 1.17. The molecule has 0 radical (unpaired) electrons. The topological polar surface area (TPSA) is 52.6 Å². The molecule has 2 atom stereocenters. The van der Waals surface area contributed by atoms with E-state index in [1.54, 1.807) is 23.9 Å².